The molecule has 0 amide bonds. The lowest BCUT2D eigenvalue weighted by atomic mass is 10.0. The summed E-state index contributed by atoms with van der Waals surface area (Å²) >= 11 is 0. The molecule has 0 radical (unpaired) electrons. The summed E-state index contributed by atoms with van der Waals surface area (Å²) in [4.78, 5) is 25.9. The van der Waals surface area contributed by atoms with Crippen LogP contribution in [-0.4, -0.2) is 90.6 Å². The van der Waals surface area contributed by atoms with Crippen LogP contribution in [0.3, 0.4) is 0 Å². The Morgan fingerprint density at radius 3 is 1.50 bits per heavy atom. The van der Waals surface area contributed by atoms with Gasteiger partial charge in [0.05, 0.1) is 6.61 Å². The molecule has 5 atom stereocenters. The first-order valence-electron chi connectivity index (χ1n) is 4.31. The van der Waals surface area contributed by atoms with Gasteiger partial charge in [-0.2, -0.15) is 0 Å². The van der Waals surface area contributed by atoms with Crippen LogP contribution in [0, 0.1) is 0 Å². The SMILES string of the molecule is OC[C@@H](O)[C@@H](O)[C@H](O)[C@@H](O)C(O)[Si](O)(O)O. The van der Waals surface area contributed by atoms with E-state index in [1.54, 1.807) is 0 Å². The van der Waals surface area contributed by atoms with Crippen LogP contribution in [0.2, 0.25) is 0 Å². The molecule has 0 rings (SSSR count). The van der Waals surface area contributed by atoms with Gasteiger partial charge in [-0.05, 0) is 0 Å². The van der Waals surface area contributed by atoms with Gasteiger partial charge in [0.1, 0.15) is 24.4 Å². The smallest absolute Gasteiger partial charge is 0.394 e. The Hall–Kier alpha value is -0.143. The summed E-state index contributed by atoms with van der Waals surface area (Å²) in [7, 11) is -5.09. The highest BCUT2D eigenvalue weighted by Gasteiger charge is 2.47. The third-order valence-electron chi connectivity index (χ3n) is 2.00. The zero-order chi connectivity index (χ0) is 13.1. The van der Waals surface area contributed by atoms with Gasteiger partial charge in [-0.25, -0.2) is 0 Å². The maximum absolute atomic E-state index is 9.18. The Kier molecular flexibility index (Phi) is 5.92. The highest BCUT2D eigenvalue weighted by Crippen LogP contribution is 2.11. The van der Waals surface area contributed by atoms with Crippen molar-refractivity contribution < 1.29 is 45.0 Å². The molecule has 0 bridgehead atoms. The molecular weight excluding hydrogens is 244 g/mol. The highest BCUT2D eigenvalue weighted by molar-refractivity contribution is 6.57. The van der Waals surface area contributed by atoms with Gasteiger partial charge in [0.25, 0.3) is 0 Å². The summed E-state index contributed by atoms with van der Waals surface area (Å²) in [5, 5.41) is 53.7. The van der Waals surface area contributed by atoms with Gasteiger partial charge in [0.2, 0.25) is 0 Å². The van der Waals surface area contributed by atoms with Crippen molar-refractivity contribution in [1.82, 2.24) is 0 Å². The molecule has 16 heavy (non-hydrogen) atoms. The maximum atomic E-state index is 9.18. The van der Waals surface area contributed by atoms with E-state index in [1.165, 1.54) is 0 Å². The number of hydrogen-bond donors (Lipinski definition) is 9. The molecule has 0 aromatic heterocycles. The molecule has 0 fully saturated rings. The minimum absolute atomic E-state index is 0.916. The second-order valence-corrected chi connectivity index (χ2v) is 5.32. The van der Waals surface area contributed by atoms with E-state index in [-0.39, 0.29) is 0 Å². The number of hydrogen-bond acceptors (Lipinski definition) is 9. The van der Waals surface area contributed by atoms with Crippen molar-refractivity contribution in [3.63, 3.8) is 0 Å². The van der Waals surface area contributed by atoms with Crippen molar-refractivity contribution in [1.29, 1.82) is 0 Å². The molecule has 98 valence electrons. The topological polar surface area (TPSA) is 182 Å². The predicted molar refractivity (Wildman–Crippen MR) is 49.5 cm³/mol. The summed E-state index contributed by atoms with van der Waals surface area (Å²) in [5.74, 6) is 0. The van der Waals surface area contributed by atoms with Crippen LogP contribution in [0.15, 0.2) is 0 Å². The molecule has 0 aromatic carbocycles. The molecule has 0 saturated carbocycles. The summed E-state index contributed by atoms with van der Waals surface area (Å²) in [6, 6.07) is 0. The lowest BCUT2D eigenvalue weighted by molar-refractivity contribution is -0.136. The second-order valence-electron chi connectivity index (χ2n) is 3.35. The van der Waals surface area contributed by atoms with Gasteiger partial charge < -0.3 is 45.0 Å². The molecule has 0 spiro atoms. The van der Waals surface area contributed by atoms with Crippen molar-refractivity contribution >= 4 is 8.80 Å². The van der Waals surface area contributed by atoms with Crippen molar-refractivity contribution in [3.05, 3.63) is 0 Å². The van der Waals surface area contributed by atoms with Crippen LogP contribution in [-0.2, 0) is 0 Å². The number of aliphatic hydroxyl groups excluding tert-OH is 6. The molecule has 10 heteroatoms. The summed E-state index contributed by atoms with van der Waals surface area (Å²) in [6.45, 7) is -0.916. The Morgan fingerprint density at radius 1 is 0.750 bits per heavy atom. The lowest BCUT2D eigenvalue weighted by Crippen LogP contribution is -2.60. The van der Waals surface area contributed by atoms with Crippen molar-refractivity contribution in [3.8, 4) is 0 Å². The second kappa shape index (κ2) is 5.97. The Bertz CT molecular complexity index is 207. The normalized spacial score (nSPS) is 22.3. The number of rotatable bonds is 6. The van der Waals surface area contributed by atoms with E-state index in [0.717, 1.165) is 0 Å². The van der Waals surface area contributed by atoms with E-state index >= 15 is 0 Å². The molecule has 0 aliphatic carbocycles. The fourth-order valence-electron chi connectivity index (χ4n) is 0.953. The van der Waals surface area contributed by atoms with Gasteiger partial charge in [0, 0.05) is 0 Å². The monoisotopic (exact) mass is 260 g/mol. The molecule has 1 unspecified atom stereocenters. The average Bonchev–Trinajstić information content (AvgIpc) is 2.22. The van der Waals surface area contributed by atoms with E-state index < -0.39 is 45.6 Å². The van der Waals surface area contributed by atoms with Crippen LogP contribution in [0.25, 0.3) is 0 Å². The van der Waals surface area contributed by atoms with E-state index in [2.05, 4.69) is 0 Å². The quantitative estimate of drug-likeness (QED) is 0.210. The molecule has 9 nitrogen and oxygen atoms in total. The van der Waals surface area contributed by atoms with Crippen molar-refractivity contribution in [2.75, 3.05) is 6.61 Å². The zero-order valence-electron chi connectivity index (χ0n) is 8.12. The van der Waals surface area contributed by atoms with Gasteiger partial charge in [-0.1, -0.05) is 0 Å². The Morgan fingerprint density at radius 2 is 1.19 bits per heavy atom. The Labute approximate surface area is 91.5 Å². The zero-order valence-corrected chi connectivity index (χ0v) is 9.12. The van der Waals surface area contributed by atoms with Crippen LogP contribution in [0.1, 0.15) is 0 Å². The first-order chi connectivity index (χ1) is 7.12. The highest BCUT2D eigenvalue weighted by atomic mass is 28.4. The molecule has 9 N–H and O–H groups in total. The third-order valence-corrected chi connectivity index (χ3v) is 3.14. The standard InChI is InChI=1S/C6H16O9Si/c7-1-2(8)3(9)4(10)5(11)6(12)16(13,14)15/h2-15H,1H2/t2-,3-,4+,5-,6?/m1/s1. The summed E-state index contributed by atoms with van der Waals surface area (Å²) in [6.07, 6.45) is -8.27. The molecule has 0 aliphatic rings. The number of aliphatic hydroxyl groups is 6. The molecule has 0 aliphatic heterocycles. The van der Waals surface area contributed by atoms with E-state index in [1.807, 2.05) is 0 Å². The van der Waals surface area contributed by atoms with Crippen LogP contribution in [0.4, 0.5) is 0 Å². The largest absolute Gasteiger partial charge is 0.525 e. The average molecular weight is 260 g/mol. The fourth-order valence-corrected chi connectivity index (χ4v) is 1.61. The van der Waals surface area contributed by atoms with Gasteiger partial charge in [0.15, 0.2) is 5.73 Å². The van der Waals surface area contributed by atoms with E-state index in [0.29, 0.717) is 0 Å². The van der Waals surface area contributed by atoms with Crippen LogP contribution in [0.5, 0.6) is 0 Å². The van der Waals surface area contributed by atoms with Crippen molar-refractivity contribution in [2.45, 2.75) is 30.1 Å². The summed E-state index contributed by atoms with van der Waals surface area (Å²) in [5.41, 5.74) is -2.46. The first kappa shape index (κ1) is 15.9. The van der Waals surface area contributed by atoms with Crippen molar-refractivity contribution in [2.24, 2.45) is 0 Å². The lowest BCUT2D eigenvalue weighted by Gasteiger charge is -2.30. The molecular formula is C6H16O9Si. The summed E-state index contributed by atoms with van der Waals surface area (Å²) < 4.78 is 0. The van der Waals surface area contributed by atoms with Crippen LogP contribution >= 0.6 is 0 Å². The predicted octanol–water partition coefficient (Wildman–Crippen LogP) is -5.76. The molecule has 0 saturated heterocycles. The maximum Gasteiger partial charge on any atom is 0.525 e. The molecule has 0 aromatic rings. The van der Waals surface area contributed by atoms with E-state index in [4.69, 9.17) is 39.9 Å². The third kappa shape index (κ3) is 4.02. The minimum atomic E-state index is -5.09. The van der Waals surface area contributed by atoms with E-state index in [9.17, 15) is 5.11 Å². The van der Waals surface area contributed by atoms with Crippen LogP contribution < -0.4 is 0 Å². The van der Waals surface area contributed by atoms with Gasteiger partial charge in [-0.3, -0.25) is 0 Å². The minimum Gasteiger partial charge on any atom is -0.394 e. The van der Waals surface area contributed by atoms with Gasteiger partial charge in [-0.15, -0.1) is 0 Å². The fraction of sp³-hybridized carbons (Fsp3) is 1.00. The Balaban J connectivity index is 4.55. The molecule has 0 heterocycles. The first-order valence-corrected chi connectivity index (χ1v) is 6.23. The van der Waals surface area contributed by atoms with Gasteiger partial charge >= 0.3 is 8.80 Å².